The molecule has 192 valence electrons. The number of hydrogen-bond acceptors (Lipinski definition) is 9. The molecule has 1 saturated heterocycles. The lowest BCUT2D eigenvalue weighted by Gasteiger charge is -2.30. The van der Waals surface area contributed by atoms with E-state index >= 15 is 0 Å². The predicted molar refractivity (Wildman–Crippen MR) is 134 cm³/mol. The van der Waals surface area contributed by atoms with Crippen LogP contribution in [-0.2, 0) is 24.4 Å². The third kappa shape index (κ3) is 4.92. The van der Waals surface area contributed by atoms with Crippen molar-refractivity contribution in [3.63, 3.8) is 0 Å². The molecule has 1 aromatic carbocycles. The van der Waals surface area contributed by atoms with Crippen LogP contribution in [0.3, 0.4) is 0 Å². The average Bonchev–Trinajstić information content (AvgIpc) is 3.68. The Kier molecular flexibility index (Phi) is 6.54. The molecule has 0 bridgehead atoms. The van der Waals surface area contributed by atoms with E-state index in [-0.39, 0.29) is 24.5 Å². The van der Waals surface area contributed by atoms with Crippen molar-refractivity contribution in [1.82, 2.24) is 35.1 Å². The predicted octanol–water partition coefficient (Wildman–Crippen LogP) is 2.97. The van der Waals surface area contributed by atoms with Crippen LogP contribution >= 0.6 is 0 Å². The lowest BCUT2D eigenvalue weighted by molar-refractivity contribution is 0.0888. The zero-order valence-corrected chi connectivity index (χ0v) is 20.7. The molecule has 0 aliphatic carbocycles. The van der Waals surface area contributed by atoms with Gasteiger partial charge in [-0.05, 0) is 53.5 Å². The van der Waals surface area contributed by atoms with Crippen LogP contribution in [0.2, 0.25) is 0 Å². The van der Waals surface area contributed by atoms with Crippen LogP contribution in [-0.4, -0.2) is 54.6 Å². The summed E-state index contributed by atoms with van der Waals surface area (Å²) in [5, 5.41) is 13.6. The normalized spacial score (nSPS) is 17.6. The summed E-state index contributed by atoms with van der Waals surface area (Å²) in [6, 6.07) is 9.47. The maximum atomic E-state index is 13.2. The smallest absolute Gasteiger partial charge is 0.252 e. The number of fused-ring (bicyclic) bond motifs is 2. The molecular formula is C26H29N7O4. The Labute approximate surface area is 213 Å². The summed E-state index contributed by atoms with van der Waals surface area (Å²) in [6.45, 7) is 4.66. The second-order valence-corrected chi connectivity index (χ2v) is 9.46. The summed E-state index contributed by atoms with van der Waals surface area (Å²) in [5.41, 5.74) is 2.26. The monoisotopic (exact) mass is 503 g/mol. The fourth-order valence-electron chi connectivity index (χ4n) is 5.15. The van der Waals surface area contributed by atoms with E-state index in [2.05, 4.69) is 37.3 Å². The van der Waals surface area contributed by atoms with Crippen molar-refractivity contribution >= 4 is 10.9 Å². The Morgan fingerprint density at radius 3 is 2.89 bits per heavy atom. The first-order valence-corrected chi connectivity index (χ1v) is 12.6. The Bertz CT molecular complexity index is 1430. The molecule has 1 fully saturated rings. The second-order valence-electron chi connectivity index (χ2n) is 9.46. The zero-order valence-electron chi connectivity index (χ0n) is 20.7. The molecule has 6 rings (SSSR count). The number of rotatable bonds is 9. The van der Waals surface area contributed by atoms with Gasteiger partial charge in [0.05, 0.1) is 24.2 Å². The van der Waals surface area contributed by atoms with E-state index < -0.39 is 0 Å². The van der Waals surface area contributed by atoms with Crippen molar-refractivity contribution in [2.45, 2.75) is 58.0 Å². The first kappa shape index (κ1) is 23.6. The second kappa shape index (κ2) is 10.3. The summed E-state index contributed by atoms with van der Waals surface area (Å²) in [4.78, 5) is 22.7. The first-order valence-electron chi connectivity index (χ1n) is 12.6. The van der Waals surface area contributed by atoms with E-state index in [1.54, 1.807) is 6.20 Å². The fourth-order valence-corrected chi connectivity index (χ4v) is 5.15. The molecule has 2 aliphatic heterocycles. The molecule has 11 nitrogen and oxygen atoms in total. The van der Waals surface area contributed by atoms with Gasteiger partial charge in [0.15, 0.2) is 17.3 Å². The fraction of sp³-hybridized carbons (Fsp3) is 0.423. The number of aromatic amines is 1. The summed E-state index contributed by atoms with van der Waals surface area (Å²) < 4.78 is 18.7. The Morgan fingerprint density at radius 2 is 2.11 bits per heavy atom. The molecule has 0 saturated carbocycles. The van der Waals surface area contributed by atoms with Gasteiger partial charge < -0.3 is 19.2 Å². The largest absolute Gasteiger partial charge is 0.454 e. The van der Waals surface area contributed by atoms with Crippen LogP contribution in [0.25, 0.3) is 10.9 Å². The number of nitrogens with one attached hydrogen (secondary N) is 1. The highest BCUT2D eigenvalue weighted by molar-refractivity contribution is 5.83. The van der Waals surface area contributed by atoms with Crippen LogP contribution in [0.15, 0.2) is 47.5 Å². The lowest BCUT2D eigenvalue weighted by atomic mass is 10.1. The van der Waals surface area contributed by atoms with Gasteiger partial charge >= 0.3 is 0 Å². The molecule has 3 aromatic heterocycles. The standard InChI is InChI=1S/C26H29N7O4/c1-2-22(25-29-30-31-33(25)15-20-6-4-8-35-20)32(13-17-5-3-7-27-12-17)14-19-9-18-10-23-24(37-16-36-23)11-21(18)28-26(19)34/h3,5,7,9-12,20,22H,2,4,6,8,13-16H2,1H3,(H,28,34). The van der Waals surface area contributed by atoms with Gasteiger partial charge in [-0.1, -0.05) is 13.0 Å². The minimum absolute atomic E-state index is 0.114. The molecule has 37 heavy (non-hydrogen) atoms. The Hall–Kier alpha value is -3.83. The number of H-pyrrole nitrogens is 1. The van der Waals surface area contributed by atoms with Gasteiger partial charge in [0, 0.05) is 49.1 Å². The Morgan fingerprint density at radius 1 is 1.22 bits per heavy atom. The highest BCUT2D eigenvalue weighted by Gasteiger charge is 2.28. The maximum Gasteiger partial charge on any atom is 0.252 e. The van der Waals surface area contributed by atoms with Gasteiger partial charge in [-0.2, -0.15) is 0 Å². The van der Waals surface area contributed by atoms with E-state index in [0.29, 0.717) is 42.2 Å². The number of benzene rings is 1. The number of pyridine rings is 2. The van der Waals surface area contributed by atoms with Gasteiger partial charge in [0.1, 0.15) is 0 Å². The summed E-state index contributed by atoms with van der Waals surface area (Å²) >= 11 is 0. The van der Waals surface area contributed by atoms with E-state index in [1.807, 2.05) is 41.2 Å². The molecule has 2 atom stereocenters. The quantitative estimate of drug-likeness (QED) is 0.367. The maximum absolute atomic E-state index is 13.2. The van der Waals surface area contributed by atoms with Gasteiger partial charge in [0.25, 0.3) is 5.56 Å². The van der Waals surface area contributed by atoms with Crippen molar-refractivity contribution in [1.29, 1.82) is 0 Å². The van der Waals surface area contributed by atoms with Gasteiger partial charge in [-0.15, -0.1) is 5.10 Å². The molecule has 11 heteroatoms. The molecule has 0 radical (unpaired) electrons. The molecule has 0 amide bonds. The third-order valence-electron chi connectivity index (χ3n) is 6.98. The molecular weight excluding hydrogens is 474 g/mol. The van der Waals surface area contributed by atoms with Crippen LogP contribution in [0, 0.1) is 0 Å². The van der Waals surface area contributed by atoms with Gasteiger partial charge in [0.2, 0.25) is 6.79 Å². The SMILES string of the molecule is CCC(c1nnnn1CC1CCCO1)N(Cc1cccnc1)Cc1cc2cc3c(cc2[nH]c1=O)OCO3. The van der Waals surface area contributed by atoms with Crippen molar-refractivity contribution in [3.05, 3.63) is 70.0 Å². The summed E-state index contributed by atoms with van der Waals surface area (Å²) in [6.07, 6.45) is 6.53. The van der Waals surface area contributed by atoms with Crippen molar-refractivity contribution in [2.24, 2.45) is 0 Å². The molecule has 1 N–H and O–H groups in total. The molecule has 0 spiro atoms. The summed E-state index contributed by atoms with van der Waals surface area (Å²) in [5.74, 6) is 2.08. The molecule has 5 heterocycles. The topological polar surface area (TPSA) is 120 Å². The minimum atomic E-state index is -0.142. The first-order chi connectivity index (χ1) is 18.2. The number of tetrazole rings is 1. The van der Waals surface area contributed by atoms with Crippen molar-refractivity contribution in [2.75, 3.05) is 13.4 Å². The number of nitrogens with zero attached hydrogens (tertiary/aromatic N) is 6. The van der Waals surface area contributed by atoms with Crippen LogP contribution < -0.4 is 15.0 Å². The summed E-state index contributed by atoms with van der Waals surface area (Å²) in [7, 11) is 0. The van der Waals surface area contributed by atoms with E-state index in [4.69, 9.17) is 14.2 Å². The van der Waals surface area contributed by atoms with Crippen LogP contribution in [0.1, 0.15) is 49.2 Å². The lowest BCUT2D eigenvalue weighted by Crippen LogP contribution is -2.33. The van der Waals surface area contributed by atoms with Crippen LogP contribution in [0.5, 0.6) is 11.5 Å². The van der Waals surface area contributed by atoms with E-state index in [1.165, 1.54) is 0 Å². The molecule has 2 aliphatic rings. The highest BCUT2D eigenvalue weighted by atomic mass is 16.7. The zero-order chi connectivity index (χ0) is 25.2. The molecule has 4 aromatic rings. The highest BCUT2D eigenvalue weighted by Crippen LogP contribution is 2.35. The van der Waals surface area contributed by atoms with E-state index in [0.717, 1.165) is 42.6 Å². The van der Waals surface area contributed by atoms with Crippen molar-refractivity contribution in [3.8, 4) is 11.5 Å². The Balaban J connectivity index is 1.35. The van der Waals surface area contributed by atoms with Gasteiger partial charge in [-0.25, -0.2) is 4.68 Å². The van der Waals surface area contributed by atoms with Gasteiger partial charge in [-0.3, -0.25) is 14.7 Å². The van der Waals surface area contributed by atoms with E-state index in [9.17, 15) is 4.79 Å². The third-order valence-corrected chi connectivity index (χ3v) is 6.98. The minimum Gasteiger partial charge on any atom is -0.454 e. The molecule has 2 unspecified atom stereocenters. The number of ether oxygens (including phenoxy) is 3. The van der Waals surface area contributed by atoms with Crippen LogP contribution in [0.4, 0.5) is 0 Å². The number of hydrogen-bond donors (Lipinski definition) is 1. The van der Waals surface area contributed by atoms with Crippen molar-refractivity contribution < 1.29 is 14.2 Å². The number of aromatic nitrogens is 6. The average molecular weight is 504 g/mol.